The maximum atomic E-state index is 12.4. The Balaban J connectivity index is 1.37. The number of hydrogen-bond donors (Lipinski definition) is 1. The van der Waals surface area contributed by atoms with Crippen LogP contribution in [0.1, 0.15) is 18.1 Å². The third-order valence-electron chi connectivity index (χ3n) is 5.08. The average molecular weight is 399 g/mol. The van der Waals surface area contributed by atoms with E-state index in [1.807, 2.05) is 35.2 Å². The minimum Gasteiger partial charge on any atom is -0.388 e. The summed E-state index contributed by atoms with van der Waals surface area (Å²) >= 11 is 1.45. The van der Waals surface area contributed by atoms with Crippen LogP contribution < -0.4 is 0 Å². The molecule has 2 fully saturated rings. The monoisotopic (exact) mass is 398 g/mol. The predicted octanol–water partition coefficient (Wildman–Crippen LogP) is 0.785. The summed E-state index contributed by atoms with van der Waals surface area (Å²) in [7, 11) is -2.87. The Morgan fingerprint density at radius 3 is 2.50 bits per heavy atom. The second kappa shape index (κ2) is 8.73. The molecular weight excluding hydrogens is 372 g/mol. The van der Waals surface area contributed by atoms with Crippen molar-refractivity contribution in [1.29, 1.82) is 0 Å². The largest absolute Gasteiger partial charge is 0.388 e. The molecule has 2 unspecified atom stereocenters. The van der Waals surface area contributed by atoms with Gasteiger partial charge in [0, 0.05) is 38.0 Å². The van der Waals surface area contributed by atoms with Gasteiger partial charge in [0.05, 0.1) is 23.4 Å². The van der Waals surface area contributed by atoms with Crippen molar-refractivity contribution in [3.05, 3.63) is 35.9 Å². The van der Waals surface area contributed by atoms with Crippen molar-refractivity contribution in [2.45, 2.75) is 18.6 Å². The van der Waals surface area contributed by atoms with Gasteiger partial charge in [0.25, 0.3) is 0 Å². The van der Waals surface area contributed by atoms with Crippen LogP contribution in [0.5, 0.6) is 0 Å². The van der Waals surface area contributed by atoms with E-state index < -0.39 is 15.9 Å². The molecule has 144 valence electrons. The number of hydrogen-bond acceptors (Lipinski definition) is 6. The third-order valence-corrected chi connectivity index (χ3v) is 7.83. The van der Waals surface area contributed by atoms with E-state index in [4.69, 9.17) is 0 Å². The summed E-state index contributed by atoms with van der Waals surface area (Å²) in [6.07, 6.45) is 0.152. The van der Waals surface area contributed by atoms with E-state index in [-0.39, 0.29) is 23.5 Å². The van der Waals surface area contributed by atoms with E-state index in [9.17, 15) is 18.3 Å². The van der Waals surface area contributed by atoms with Crippen molar-refractivity contribution >= 4 is 27.5 Å². The van der Waals surface area contributed by atoms with Crippen LogP contribution in [0.15, 0.2) is 30.3 Å². The van der Waals surface area contributed by atoms with Gasteiger partial charge in [-0.25, -0.2) is 8.42 Å². The first-order valence-electron chi connectivity index (χ1n) is 8.97. The molecule has 1 N–H and O–H groups in total. The Kier molecular flexibility index (Phi) is 6.60. The number of benzene rings is 1. The quantitative estimate of drug-likeness (QED) is 0.763. The van der Waals surface area contributed by atoms with Crippen molar-refractivity contribution in [1.82, 2.24) is 9.80 Å². The van der Waals surface area contributed by atoms with Gasteiger partial charge in [-0.1, -0.05) is 30.3 Å². The predicted molar refractivity (Wildman–Crippen MR) is 104 cm³/mol. The van der Waals surface area contributed by atoms with Gasteiger partial charge in [0.15, 0.2) is 9.84 Å². The number of aliphatic hydroxyl groups is 1. The van der Waals surface area contributed by atoms with Crippen LogP contribution in [0.3, 0.4) is 0 Å². The number of rotatable bonds is 6. The van der Waals surface area contributed by atoms with Gasteiger partial charge in [0.2, 0.25) is 5.91 Å². The second-order valence-corrected chi connectivity index (χ2v) is 10.2. The smallest absolute Gasteiger partial charge is 0.232 e. The maximum Gasteiger partial charge on any atom is 0.232 e. The van der Waals surface area contributed by atoms with Crippen molar-refractivity contribution in [2.75, 3.05) is 49.2 Å². The van der Waals surface area contributed by atoms with Crippen LogP contribution in [-0.2, 0) is 14.6 Å². The molecule has 0 radical (unpaired) electrons. The molecule has 2 saturated heterocycles. The fourth-order valence-corrected chi connectivity index (χ4v) is 6.17. The number of thioether (sulfide) groups is 1. The maximum absolute atomic E-state index is 12.4. The van der Waals surface area contributed by atoms with Crippen LogP contribution in [0, 0.1) is 0 Å². The van der Waals surface area contributed by atoms with Crippen molar-refractivity contribution in [3.8, 4) is 0 Å². The van der Waals surface area contributed by atoms with Crippen LogP contribution in [0.25, 0.3) is 0 Å². The minimum atomic E-state index is -2.87. The zero-order valence-corrected chi connectivity index (χ0v) is 16.4. The standard InChI is InChI=1S/C18H26N2O4S2/c21-17(15-4-2-1-3-5-15)12-25-13-18(22)20-9-7-19(8-10-20)16-6-11-26(23,24)14-16/h1-5,16-17,21H,6-14H2. The topological polar surface area (TPSA) is 77.9 Å². The molecule has 0 aliphatic carbocycles. The van der Waals surface area contributed by atoms with Gasteiger partial charge in [-0.3, -0.25) is 9.69 Å². The Morgan fingerprint density at radius 1 is 1.19 bits per heavy atom. The van der Waals surface area contributed by atoms with E-state index in [1.54, 1.807) is 0 Å². The zero-order valence-electron chi connectivity index (χ0n) is 14.8. The second-order valence-electron chi connectivity index (χ2n) is 6.92. The lowest BCUT2D eigenvalue weighted by Crippen LogP contribution is -2.52. The SMILES string of the molecule is O=C(CSCC(O)c1ccccc1)N1CCN(C2CCS(=O)(=O)C2)CC1. The Hall–Kier alpha value is -1.09. The lowest BCUT2D eigenvalue weighted by atomic mass is 10.1. The number of aliphatic hydroxyl groups excluding tert-OH is 1. The summed E-state index contributed by atoms with van der Waals surface area (Å²) in [5.74, 6) is 1.50. The van der Waals surface area contributed by atoms with Gasteiger partial charge in [-0.05, 0) is 12.0 Å². The highest BCUT2D eigenvalue weighted by Crippen LogP contribution is 2.21. The minimum absolute atomic E-state index is 0.0916. The molecule has 3 rings (SSSR count). The summed E-state index contributed by atoms with van der Waals surface area (Å²) in [4.78, 5) is 16.4. The lowest BCUT2D eigenvalue weighted by Gasteiger charge is -2.37. The fraction of sp³-hybridized carbons (Fsp3) is 0.611. The van der Waals surface area contributed by atoms with E-state index in [2.05, 4.69) is 4.90 Å². The van der Waals surface area contributed by atoms with E-state index >= 15 is 0 Å². The van der Waals surface area contributed by atoms with Gasteiger partial charge in [0.1, 0.15) is 0 Å². The molecule has 2 aliphatic heterocycles. The van der Waals surface area contributed by atoms with Crippen molar-refractivity contribution in [3.63, 3.8) is 0 Å². The summed E-state index contributed by atoms with van der Waals surface area (Å²) in [6.45, 7) is 2.78. The summed E-state index contributed by atoms with van der Waals surface area (Å²) in [5, 5.41) is 10.1. The third kappa shape index (κ3) is 5.22. The number of sulfone groups is 1. The Morgan fingerprint density at radius 2 is 1.88 bits per heavy atom. The molecule has 0 aromatic heterocycles. The Bertz CT molecular complexity index is 703. The zero-order chi connectivity index (χ0) is 18.6. The van der Waals surface area contributed by atoms with Gasteiger partial charge in [-0.15, -0.1) is 11.8 Å². The Labute approximate surface area is 159 Å². The fourth-order valence-electron chi connectivity index (χ4n) is 3.52. The lowest BCUT2D eigenvalue weighted by molar-refractivity contribution is -0.130. The number of carbonyl (C=O) groups is 1. The van der Waals surface area contributed by atoms with E-state index in [0.29, 0.717) is 31.0 Å². The molecule has 8 heteroatoms. The number of nitrogens with zero attached hydrogens (tertiary/aromatic N) is 2. The van der Waals surface area contributed by atoms with Gasteiger partial charge in [-0.2, -0.15) is 0 Å². The highest BCUT2D eigenvalue weighted by molar-refractivity contribution is 7.99. The molecule has 2 atom stereocenters. The number of amides is 1. The van der Waals surface area contributed by atoms with Crippen molar-refractivity contribution < 1.29 is 18.3 Å². The molecule has 6 nitrogen and oxygen atoms in total. The molecule has 2 heterocycles. The van der Waals surface area contributed by atoms with Gasteiger partial charge >= 0.3 is 0 Å². The van der Waals surface area contributed by atoms with Crippen molar-refractivity contribution in [2.24, 2.45) is 0 Å². The van der Waals surface area contributed by atoms with Crippen LogP contribution in [-0.4, -0.2) is 84.5 Å². The summed E-state index contributed by atoms with van der Waals surface area (Å²) in [6, 6.07) is 9.58. The molecule has 0 saturated carbocycles. The van der Waals surface area contributed by atoms with E-state index in [1.165, 1.54) is 11.8 Å². The molecule has 2 aliphatic rings. The average Bonchev–Trinajstić information content (AvgIpc) is 3.02. The molecule has 26 heavy (non-hydrogen) atoms. The normalized spacial score (nSPS) is 24.5. The summed E-state index contributed by atoms with van der Waals surface area (Å²) in [5.41, 5.74) is 0.868. The van der Waals surface area contributed by atoms with E-state index in [0.717, 1.165) is 18.7 Å². The molecule has 1 aromatic carbocycles. The molecule has 0 spiro atoms. The number of carbonyl (C=O) groups excluding carboxylic acids is 1. The van der Waals surface area contributed by atoms with Crippen LogP contribution in [0.4, 0.5) is 0 Å². The molecule has 0 bridgehead atoms. The highest BCUT2D eigenvalue weighted by Gasteiger charge is 2.34. The van der Waals surface area contributed by atoms with Crippen LogP contribution >= 0.6 is 11.8 Å². The van der Waals surface area contributed by atoms with Crippen LogP contribution in [0.2, 0.25) is 0 Å². The molecule has 1 amide bonds. The first-order valence-corrected chi connectivity index (χ1v) is 12.0. The number of piperazine rings is 1. The molecular formula is C18H26N2O4S2. The molecule has 1 aromatic rings. The first kappa shape index (κ1) is 19.7. The highest BCUT2D eigenvalue weighted by atomic mass is 32.2. The summed E-state index contributed by atoms with van der Waals surface area (Å²) < 4.78 is 23.2. The first-order chi connectivity index (χ1) is 12.4. The van der Waals surface area contributed by atoms with Gasteiger partial charge < -0.3 is 10.0 Å².